The van der Waals surface area contributed by atoms with Crippen LogP contribution in [0.2, 0.25) is 0 Å². The lowest BCUT2D eigenvalue weighted by Crippen LogP contribution is -2.58. The summed E-state index contributed by atoms with van der Waals surface area (Å²) in [6.07, 6.45) is 7.22. The summed E-state index contributed by atoms with van der Waals surface area (Å²) in [5, 5.41) is 0. The van der Waals surface area contributed by atoms with Crippen LogP contribution in [0.3, 0.4) is 0 Å². The lowest BCUT2D eigenvalue weighted by atomic mass is 10.1. The predicted octanol–water partition coefficient (Wildman–Crippen LogP) is 6.43. The Balaban J connectivity index is 2.19. The standard InChI is InChI=1S/C32H36O8Si/c1-8-11-24-14-17-27(30(20-24)34-5)38-41(37-23(4)33,39-28-18-15-25(12-9-2)21-31(28)35-6)40-29-19-16-26(13-10-3)22-32(29)36-7/h8-10,14-22H,1-3,11-13H2,4-7H3. The molecule has 3 aromatic carbocycles. The molecule has 0 spiro atoms. The molecular formula is C32H36O8Si. The molecule has 0 atom stereocenters. The van der Waals surface area contributed by atoms with Gasteiger partial charge in [-0.1, -0.05) is 36.4 Å². The van der Waals surface area contributed by atoms with Crippen molar-refractivity contribution in [2.45, 2.75) is 26.2 Å². The number of carbonyl (C=O) groups is 1. The molecular weight excluding hydrogens is 540 g/mol. The summed E-state index contributed by atoms with van der Waals surface area (Å²) in [4.78, 5) is 12.6. The number of hydrogen-bond acceptors (Lipinski definition) is 8. The zero-order chi connectivity index (χ0) is 29.8. The van der Waals surface area contributed by atoms with Crippen molar-refractivity contribution in [1.29, 1.82) is 0 Å². The summed E-state index contributed by atoms with van der Waals surface area (Å²) in [5.74, 6) is 1.24. The van der Waals surface area contributed by atoms with Crippen molar-refractivity contribution in [3.63, 3.8) is 0 Å². The molecule has 3 rings (SSSR count). The summed E-state index contributed by atoms with van der Waals surface area (Å²) in [5.41, 5.74) is 2.85. The molecule has 0 unspecified atom stereocenters. The van der Waals surface area contributed by atoms with E-state index >= 15 is 0 Å². The van der Waals surface area contributed by atoms with Gasteiger partial charge < -0.3 is 31.9 Å². The molecule has 3 aromatic rings. The largest absolute Gasteiger partial charge is 0.969 e. The molecule has 0 fully saturated rings. The molecule has 0 amide bonds. The molecule has 0 saturated carbocycles. The number of ether oxygens (including phenoxy) is 3. The third-order valence-corrected chi connectivity index (χ3v) is 7.75. The van der Waals surface area contributed by atoms with E-state index in [-0.39, 0.29) is 17.2 Å². The molecule has 0 aliphatic rings. The zero-order valence-corrected chi connectivity index (χ0v) is 24.9. The summed E-state index contributed by atoms with van der Waals surface area (Å²) in [6.45, 7) is 12.6. The van der Waals surface area contributed by atoms with E-state index in [1.54, 1.807) is 54.6 Å². The van der Waals surface area contributed by atoms with Crippen molar-refractivity contribution in [3.05, 3.63) is 109 Å². The van der Waals surface area contributed by atoms with E-state index in [2.05, 4.69) is 19.7 Å². The second-order valence-corrected chi connectivity index (χ2v) is 10.7. The molecule has 8 nitrogen and oxygen atoms in total. The number of allylic oxidation sites excluding steroid dienone is 3. The second-order valence-electron chi connectivity index (χ2n) is 8.83. The SMILES string of the molecule is C=CCc1ccc(O[Si](OC(C)=O)(Oc2ccc(CC=C)cc2OC)Oc2ccc(CC=C)cc2OC)c(OC)c1. The van der Waals surface area contributed by atoms with E-state index in [9.17, 15) is 4.79 Å². The first kappa shape index (κ1) is 30.9. The Morgan fingerprint density at radius 1 is 0.610 bits per heavy atom. The van der Waals surface area contributed by atoms with Gasteiger partial charge in [0.2, 0.25) is 0 Å². The Hall–Kier alpha value is -4.63. The number of rotatable bonds is 16. The Morgan fingerprint density at radius 2 is 0.927 bits per heavy atom. The molecule has 0 aromatic heterocycles. The van der Waals surface area contributed by atoms with Crippen LogP contribution < -0.4 is 27.5 Å². The summed E-state index contributed by atoms with van der Waals surface area (Å²) in [6, 6.07) is 16.1. The second kappa shape index (κ2) is 14.7. The minimum Gasteiger partial charge on any atom is -0.493 e. The smallest absolute Gasteiger partial charge is 0.493 e. The van der Waals surface area contributed by atoms with Crippen molar-refractivity contribution in [1.82, 2.24) is 0 Å². The monoisotopic (exact) mass is 576 g/mol. The molecule has 216 valence electrons. The first-order chi connectivity index (χ1) is 19.8. The van der Waals surface area contributed by atoms with Crippen LogP contribution in [0.1, 0.15) is 23.6 Å². The van der Waals surface area contributed by atoms with Gasteiger partial charge in [-0.05, 0) is 72.4 Å². The highest BCUT2D eigenvalue weighted by atomic mass is 28.4. The molecule has 0 bridgehead atoms. The molecule has 9 heteroatoms. The van der Waals surface area contributed by atoms with Crippen LogP contribution in [0.15, 0.2) is 92.6 Å². The van der Waals surface area contributed by atoms with Gasteiger partial charge in [-0.15, -0.1) is 19.7 Å². The van der Waals surface area contributed by atoms with Crippen molar-refractivity contribution >= 4 is 15.0 Å². The molecule has 0 aliphatic heterocycles. The Labute approximate surface area is 242 Å². The Morgan fingerprint density at radius 3 is 1.17 bits per heavy atom. The van der Waals surface area contributed by atoms with Crippen LogP contribution in [0, 0.1) is 0 Å². The van der Waals surface area contributed by atoms with Gasteiger partial charge in [0, 0.05) is 6.92 Å². The highest BCUT2D eigenvalue weighted by Crippen LogP contribution is 2.38. The van der Waals surface area contributed by atoms with E-state index < -0.39 is 15.0 Å². The molecule has 0 N–H and O–H groups in total. The van der Waals surface area contributed by atoms with E-state index in [4.69, 9.17) is 31.9 Å². The molecule has 41 heavy (non-hydrogen) atoms. The zero-order valence-electron chi connectivity index (χ0n) is 23.9. The predicted molar refractivity (Wildman–Crippen MR) is 160 cm³/mol. The maximum absolute atomic E-state index is 12.6. The van der Waals surface area contributed by atoms with Crippen LogP contribution >= 0.6 is 0 Å². The summed E-state index contributed by atoms with van der Waals surface area (Å²) >= 11 is 0. The van der Waals surface area contributed by atoms with Gasteiger partial charge in [0.25, 0.3) is 5.97 Å². The number of methoxy groups -OCH3 is 3. The fraction of sp³-hybridized carbons (Fsp3) is 0.219. The fourth-order valence-corrected chi connectivity index (χ4v) is 5.89. The van der Waals surface area contributed by atoms with Crippen LogP contribution in [-0.2, 0) is 28.5 Å². The summed E-state index contributed by atoms with van der Waals surface area (Å²) < 4.78 is 41.8. The molecule has 0 aliphatic carbocycles. The van der Waals surface area contributed by atoms with E-state index in [0.29, 0.717) is 36.5 Å². The number of benzene rings is 3. The first-order valence-electron chi connectivity index (χ1n) is 12.9. The average Bonchev–Trinajstić information content (AvgIpc) is 2.95. The third kappa shape index (κ3) is 8.18. The summed E-state index contributed by atoms with van der Waals surface area (Å²) in [7, 11) is 0.0581. The van der Waals surface area contributed by atoms with Gasteiger partial charge in [-0.3, -0.25) is 4.79 Å². The van der Waals surface area contributed by atoms with Gasteiger partial charge in [0.15, 0.2) is 34.5 Å². The minimum absolute atomic E-state index is 0.248. The van der Waals surface area contributed by atoms with E-state index in [1.165, 1.54) is 28.3 Å². The highest BCUT2D eigenvalue weighted by molar-refractivity contribution is 6.58. The third-order valence-electron chi connectivity index (χ3n) is 5.80. The van der Waals surface area contributed by atoms with Crippen LogP contribution in [0.5, 0.6) is 34.5 Å². The Kier molecular flexibility index (Phi) is 11.1. The average molecular weight is 577 g/mol. The molecule has 0 saturated heterocycles. The maximum Gasteiger partial charge on any atom is 0.969 e. The van der Waals surface area contributed by atoms with Gasteiger partial charge in [-0.2, -0.15) is 0 Å². The minimum atomic E-state index is -4.48. The fourth-order valence-electron chi connectivity index (χ4n) is 3.97. The highest BCUT2D eigenvalue weighted by Gasteiger charge is 2.60. The lowest BCUT2D eigenvalue weighted by Gasteiger charge is -2.29. The number of hydrogen-bond donors (Lipinski definition) is 0. The van der Waals surface area contributed by atoms with E-state index in [0.717, 1.165) is 16.7 Å². The van der Waals surface area contributed by atoms with Crippen LogP contribution in [0.4, 0.5) is 0 Å². The van der Waals surface area contributed by atoms with Crippen LogP contribution in [-0.4, -0.2) is 36.3 Å². The van der Waals surface area contributed by atoms with Crippen molar-refractivity contribution in [3.8, 4) is 34.5 Å². The maximum atomic E-state index is 12.6. The van der Waals surface area contributed by atoms with Crippen molar-refractivity contribution in [2.24, 2.45) is 0 Å². The Bertz CT molecular complexity index is 1230. The topological polar surface area (TPSA) is 81.7 Å². The van der Waals surface area contributed by atoms with Gasteiger partial charge >= 0.3 is 9.05 Å². The van der Waals surface area contributed by atoms with Crippen molar-refractivity contribution in [2.75, 3.05) is 21.3 Å². The van der Waals surface area contributed by atoms with Crippen LogP contribution in [0.25, 0.3) is 0 Å². The van der Waals surface area contributed by atoms with Crippen molar-refractivity contribution < 1.29 is 36.7 Å². The van der Waals surface area contributed by atoms with Gasteiger partial charge in [0.05, 0.1) is 21.3 Å². The van der Waals surface area contributed by atoms with E-state index in [1.807, 2.05) is 18.2 Å². The molecule has 0 radical (unpaired) electrons. The van der Waals surface area contributed by atoms with Gasteiger partial charge in [0.1, 0.15) is 0 Å². The first-order valence-corrected chi connectivity index (χ1v) is 14.5. The quantitative estimate of drug-likeness (QED) is 0.143. The number of carbonyl (C=O) groups excluding carboxylic acids is 1. The normalized spacial score (nSPS) is 10.6. The molecule has 0 heterocycles. The lowest BCUT2D eigenvalue weighted by molar-refractivity contribution is -0.137. The van der Waals surface area contributed by atoms with Gasteiger partial charge in [-0.25, -0.2) is 0 Å².